The van der Waals surface area contributed by atoms with Crippen molar-refractivity contribution in [2.75, 3.05) is 6.61 Å². The van der Waals surface area contributed by atoms with Crippen molar-refractivity contribution in [2.45, 2.75) is 13.5 Å². The largest absolute Gasteiger partial charge is 0.504 e. The van der Waals surface area contributed by atoms with Gasteiger partial charge in [0.25, 0.3) is 5.91 Å². The summed E-state index contributed by atoms with van der Waals surface area (Å²) in [5.41, 5.74) is 1.54. The summed E-state index contributed by atoms with van der Waals surface area (Å²) in [6, 6.07) is 14.7. The van der Waals surface area contributed by atoms with E-state index in [9.17, 15) is 15.2 Å². The van der Waals surface area contributed by atoms with Gasteiger partial charge < -0.3 is 15.2 Å². The highest BCUT2D eigenvalue weighted by atomic mass is 127. The number of carbonyl (C=O) groups excluding carboxylic acids is 1. The van der Waals surface area contributed by atoms with Gasteiger partial charge in [-0.2, -0.15) is 5.26 Å². The number of nitrogens with one attached hydrogen (secondary N) is 1. The fourth-order valence-corrected chi connectivity index (χ4v) is 2.76. The number of phenolic OH excluding ortho intramolecular Hbond substituents is 1. The minimum Gasteiger partial charge on any atom is -0.504 e. The zero-order valence-electron chi connectivity index (χ0n) is 13.6. The Balaban J connectivity index is 2.19. The number of ether oxygens (including phenoxy) is 1. The lowest BCUT2D eigenvalue weighted by molar-refractivity contribution is -0.117. The molecule has 0 saturated carbocycles. The average molecular weight is 448 g/mol. The molecule has 0 heterocycles. The normalized spacial score (nSPS) is 10.8. The molecule has 5 nitrogen and oxygen atoms in total. The van der Waals surface area contributed by atoms with Gasteiger partial charge in [0.05, 0.1) is 10.2 Å². The molecule has 0 radical (unpaired) electrons. The zero-order valence-corrected chi connectivity index (χ0v) is 15.8. The van der Waals surface area contributed by atoms with E-state index >= 15 is 0 Å². The summed E-state index contributed by atoms with van der Waals surface area (Å²) >= 11 is 1.97. The van der Waals surface area contributed by atoms with E-state index in [1.807, 2.05) is 65.9 Å². The van der Waals surface area contributed by atoms with E-state index in [0.717, 1.165) is 5.56 Å². The van der Waals surface area contributed by atoms with Crippen LogP contribution in [0.2, 0.25) is 0 Å². The third-order valence-electron chi connectivity index (χ3n) is 3.32. The molecule has 0 bridgehead atoms. The SMILES string of the molecule is CCOc1cc(/C=C(\C#N)C(=O)NCc2ccccc2)cc(I)c1O. The number of benzene rings is 2. The number of rotatable bonds is 6. The molecule has 2 aromatic rings. The first-order chi connectivity index (χ1) is 12.0. The minimum atomic E-state index is -0.451. The number of aromatic hydroxyl groups is 1. The van der Waals surface area contributed by atoms with Gasteiger partial charge >= 0.3 is 0 Å². The number of hydrogen-bond donors (Lipinski definition) is 2. The predicted molar refractivity (Wildman–Crippen MR) is 104 cm³/mol. The maximum Gasteiger partial charge on any atom is 0.262 e. The topological polar surface area (TPSA) is 82.3 Å². The molecule has 0 fully saturated rings. The molecule has 0 aliphatic heterocycles. The molecular weight excluding hydrogens is 431 g/mol. The van der Waals surface area contributed by atoms with Crippen LogP contribution in [0.5, 0.6) is 11.5 Å². The molecule has 25 heavy (non-hydrogen) atoms. The standard InChI is InChI=1S/C19H17IN2O3/c1-2-25-17-10-14(9-16(20)18(17)23)8-15(11-21)19(24)22-12-13-6-4-3-5-7-13/h3-10,23H,2,12H2,1H3,(H,22,24)/b15-8+. The van der Waals surface area contributed by atoms with Gasteiger partial charge in [0.15, 0.2) is 11.5 Å². The van der Waals surface area contributed by atoms with Crippen molar-refractivity contribution in [1.29, 1.82) is 5.26 Å². The molecule has 2 N–H and O–H groups in total. The Kier molecular flexibility index (Phi) is 6.83. The van der Waals surface area contributed by atoms with Crippen molar-refractivity contribution >= 4 is 34.6 Å². The van der Waals surface area contributed by atoms with Crippen molar-refractivity contribution in [3.8, 4) is 17.6 Å². The molecular formula is C19H17IN2O3. The predicted octanol–water partition coefficient (Wildman–Crippen LogP) is 3.62. The van der Waals surface area contributed by atoms with Crippen molar-refractivity contribution in [3.05, 3.63) is 62.7 Å². The van der Waals surface area contributed by atoms with Crippen LogP contribution in [0.1, 0.15) is 18.1 Å². The van der Waals surface area contributed by atoms with Crippen LogP contribution in [0.3, 0.4) is 0 Å². The lowest BCUT2D eigenvalue weighted by Gasteiger charge is -2.09. The van der Waals surface area contributed by atoms with Crippen LogP contribution in [0, 0.1) is 14.9 Å². The maximum atomic E-state index is 12.2. The van der Waals surface area contributed by atoms with Crippen LogP contribution in [0.15, 0.2) is 48.0 Å². The van der Waals surface area contributed by atoms with Crippen molar-refractivity contribution in [2.24, 2.45) is 0 Å². The Morgan fingerprint density at radius 2 is 2.08 bits per heavy atom. The van der Waals surface area contributed by atoms with Gasteiger partial charge in [0.2, 0.25) is 0 Å². The smallest absolute Gasteiger partial charge is 0.262 e. The van der Waals surface area contributed by atoms with Crippen LogP contribution in [0.4, 0.5) is 0 Å². The number of hydrogen-bond acceptors (Lipinski definition) is 4. The highest BCUT2D eigenvalue weighted by molar-refractivity contribution is 14.1. The molecule has 2 rings (SSSR count). The number of carbonyl (C=O) groups is 1. The van der Waals surface area contributed by atoms with Crippen LogP contribution < -0.4 is 10.1 Å². The lowest BCUT2D eigenvalue weighted by Crippen LogP contribution is -2.23. The van der Waals surface area contributed by atoms with Crippen LogP contribution in [0.25, 0.3) is 6.08 Å². The Hall–Kier alpha value is -2.53. The number of nitriles is 1. The molecule has 6 heteroatoms. The Morgan fingerprint density at radius 1 is 1.36 bits per heavy atom. The van der Waals surface area contributed by atoms with Gasteiger partial charge in [-0.1, -0.05) is 30.3 Å². The summed E-state index contributed by atoms with van der Waals surface area (Å²) in [6.07, 6.45) is 1.48. The van der Waals surface area contributed by atoms with Gasteiger partial charge in [0, 0.05) is 6.54 Å². The third-order valence-corrected chi connectivity index (χ3v) is 4.14. The van der Waals surface area contributed by atoms with Gasteiger partial charge in [-0.15, -0.1) is 0 Å². The molecule has 0 aromatic heterocycles. The second kappa shape index (κ2) is 9.08. The van der Waals surface area contributed by atoms with Crippen molar-refractivity contribution < 1.29 is 14.6 Å². The summed E-state index contributed by atoms with van der Waals surface area (Å²) in [6.45, 7) is 2.56. The first-order valence-electron chi connectivity index (χ1n) is 7.64. The molecule has 0 aliphatic carbocycles. The molecule has 0 aliphatic rings. The van der Waals surface area contributed by atoms with Gasteiger partial charge in [-0.3, -0.25) is 4.79 Å². The van der Waals surface area contributed by atoms with E-state index in [1.54, 1.807) is 12.1 Å². The Bertz CT molecular complexity index is 827. The molecule has 128 valence electrons. The first kappa shape index (κ1) is 18.8. The van der Waals surface area contributed by atoms with Crippen LogP contribution in [-0.4, -0.2) is 17.6 Å². The summed E-state index contributed by atoms with van der Waals surface area (Å²) < 4.78 is 5.95. The number of amides is 1. The minimum absolute atomic E-state index is 0.0140. The Labute approximate surface area is 160 Å². The molecule has 0 atom stereocenters. The number of nitrogens with zero attached hydrogens (tertiary/aromatic N) is 1. The second-order valence-electron chi connectivity index (χ2n) is 5.12. The van der Waals surface area contributed by atoms with Crippen molar-refractivity contribution in [1.82, 2.24) is 5.32 Å². The summed E-state index contributed by atoms with van der Waals surface area (Å²) in [4.78, 5) is 12.2. The quantitative estimate of drug-likeness (QED) is 0.402. The van der Waals surface area contributed by atoms with E-state index in [4.69, 9.17) is 4.74 Å². The van der Waals surface area contributed by atoms with Crippen molar-refractivity contribution in [3.63, 3.8) is 0 Å². The average Bonchev–Trinajstić information content (AvgIpc) is 2.62. The fourth-order valence-electron chi connectivity index (χ4n) is 2.13. The fraction of sp³-hybridized carbons (Fsp3) is 0.158. The number of phenols is 1. The number of halogens is 1. The van der Waals surface area contributed by atoms with Gasteiger partial charge in [-0.05, 0) is 58.9 Å². The third kappa shape index (κ3) is 5.22. The molecule has 0 spiro atoms. The molecule has 0 saturated heterocycles. The highest BCUT2D eigenvalue weighted by Crippen LogP contribution is 2.33. The molecule has 2 aromatic carbocycles. The van der Waals surface area contributed by atoms with Gasteiger partial charge in [0.1, 0.15) is 11.6 Å². The zero-order chi connectivity index (χ0) is 18.2. The Morgan fingerprint density at radius 3 is 2.72 bits per heavy atom. The highest BCUT2D eigenvalue weighted by Gasteiger charge is 2.12. The monoisotopic (exact) mass is 448 g/mol. The van der Waals surface area contributed by atoms with E-state index in [1.165, 1.54) is 6.08 Å². The molecule has 1 amide bonds. The van der Waals surface area contributed by atoms with E-state index in [-0.39, 0.29) is 11.3 Å². The van der Waals surface area contributed by atoms with E-state index < -0.39 is 5.91 Å². The van der Waals surface area contributed by atoms with E-state index in [0.29, 0.717) is 28.0 Å². The van der Waals surface area contributed by atoms with E-state index in [2.05, 4.69) is 5.32 Å². The van der Waals surface area contributed by atoms with Crippen LogP contribution in [-0.2, 0) is 11.3 Å². The first-order valence-corrected chi connectivity index (χ1v) is 8.72. The maximum absolute atomic E-state index is 12.2. The summed E-state index contributed by atoms with van der Waals surface area (Å²) in [7, 11) is 0. The van der Waals surface area contributed by atoms with Crippen LogP contribution >= 0.6 is 22.6 Å². The molecule has 0 unspecified atom stereocenters. The second-order valence-corrected chi connectivity index (χ2v) is 6.28. The lowest BCUT2D eigenvalue weighted by atomic mass is 10.1. The van der Waals surface area contributed by atoms with Gasteiger partial charge in [-0.25, -0.2) is 0 Å². The summed E-state index contributed by atoms with van der Waals surface area (Å²) in [5.74, 6) is -0.0818. The summed E-state index contributed by atoms with van der Waals surface area (Å²) in [5, 5.41) is 22.0.